The molecule has 0 saturated carbocycles. The average molecular weight is 614 g/mol. The van der Waals surface area contributed by atoms with Gasteiger partial charge < -0.3 is 15.0 Å². The number of nitrogens with one attached hydrogen (secondary N) is 1. The minimum absolute atomic E-state index is 0.0410. The van der Waals surface area contributed by atoms with Crippen LogP contribution in [0.3, 0.4) is 0 Å². The number of carbonyl (C=O) groups excluding carboxylic acids is 2. The Morgan fingerprint density at radius 1 is 0.952 bits per heavy atom. The average Bonchev–Trinajstić information content (AvgIpc) is 2.95. The highest BCUT2D eigenvalue weighted by atomic mass is 35.5. The Morgan fingerprint density at radius 2 is 1.64 bits per heavy atom. The van der Waals surface area contributed by atoms with E-state index in [1.165, 1.54) is 11.4 Å². The van der Waals surface area contributed by atoms with Gasteiger partial charge in [-0.25, -0.2) is 8.42 Å². The molecule has 1 N–H and O–H groups in total. The number of carbonyl (C=O) groups is 2. The van der Waals surface area contributed by atoms with Crippen molar-refractivity contribution >= 4 is 39.1 Å². The van der Waals surface area contributed by atoms with E-state index in [9.17, 15) is 18.0 Å². The van der Waals surface area contributed by atoms with E-state index in [0.29, 0.717) is 29.4 Å². The lowest BCUT2D eigenvalue weighted by molar-refractivity contribution is -0.141. The third-order valence-electron chi connectivity index (χ3n) is 6.69. The van der Waals surface area contributed by atoms with Crippen molar-refractivity contribution in [3.63, 3.8) is 0 Å². The van der Waals surface area contributed by atoms with Gasteiger partial charge in [0.15, 0.2) is 0 Å². The third kappa shape index (κ3) is 10.1. The van der Waals surface area contributed by atoms with Gasteiger partial charge in [-0.1, -0.05) is 74.0 Å². The van der Waals surface area contributed by atoms with E-state index in [1.54, 1.807) is 41.3 Å². The van der Waals surface area contributed by atoms with Crippen molar-refractivity contribution in [1.29, 1.82) is 0 Å². The van der Waals surface area contributed by atoms with Crippen LogP contribution in [0.25, 0.3) is 0 Å². The fraction of sp³-hybridized carbons (Fsp3) is 0.375. The summed E-state index contributed by atoms with van der Waals surface area (Å²) < 4.78 is 31.9. The van der Waals surface area contributed by atoms with Gasteiger partial charge in [-0.15, -0.1) is 0 Å². The van der Waals surface area contributed by atoms with Gasteiger partial charge in [0, 0.05) is 43.6 Å². The molecule has 0 bridgehead atoms. The second-order valence-corrected chi connectivity index (χ2v) is 13.0. The molecule has 0 saturated heterocycles. The van der Waals surface area contributed by atoms with Crippen LogP contribution >= 0.6 is 11.6 Å². The van der Waals surface area contributed by atoms with Crippen molar-refractivity contribution in [3.05, 3.63) is 95.0 Å². The monoisotopic (exact) mass is 613 g/mol. The third-order valence-corrected chi connectivity index (χ3v) is 8.12. The molecule has 0 fully saturated rings. The Morgan fingerprint density at radius 3 is 2.29 bits per heavy atom. The summed E-state index contributed by atoms with van der Waals surface area (Å²) in [7, 11) is -2.11. The fourth-order valence-electron chi connectivity index (χ4n) is 4.58. The van der Waals surface area contributed by atoms with Crippen LogP contribution < -0.4 is 14.4 Å². The number of benzene rings is 3. The van der Waals surface area contributed by atoms with Crippen LogP contribution in [-0.4, -0.2) is 57.6 Å². The van der Waals surface area contributed by atoms with Gasteiger partial charge in [0.2, 0.25) is 21.8 Å². The molecule has 2 amide bonds. The maximum Gasteiger partial charge on any atom is 0.243 e. The predicted molar refractivity (Wildman–Crippen MR) is 168 cm³/mol. The summed E-state index contributed by atoms with van der Waals surface area (Å²) in [6.07, 6.45) is 1.76. The number of ether oxygens (including phenoxy) is 1. The largest absolute Gasteiger partial charge is 0.497 e. The molecule has 0 aliphatic rings. The van der Waals surface area contributed by atoms with Crippen LogP contribution in [0, 0.1) is 5.92 Å². The van der Waals surface area contributed by atoms with Gasteiger partial charge in [0.25, 0.3) is 0 Å². The van der Waals surface area contributed by atoms with Gasteiger partial charge in [0.1, 0.15) is 11.8 Å². The molecule has 0 aliphatic heterocycles. The molecule has 0 radical (unpaired) electrons. The Kier molecular flexibility index (Phi) is 12.2. The van der Waals surface area contributed by atoms with Crippen molar-refractivity contribution in [2.75, 3.05) is 30.8 Å². The zero-order chi connectivity index (χ0) is 30.7. The quantitative estimate of drug-likeness (QED) is 0.251. The minimum Gasteiger partial charge on any atom is -0.497 e. The summed E-state index contributed by atoms with van der Waals surface area (Å²) in [5, 5.41) is 3.54. The van der Waals surface area contributed by atoms with Crippen molar-refractivity contribution in [2.24, 2.45) is 5.92 Å². The van der Waals surface area contributed by atoms with E-state index < -0.39 is 16.1 Å². The number of rotatable bonds is 15. The first kappa shape index (κ1) is 32.9. The Balaban J connectivity index is 1.88. The Hall–Kier alpha value is -3.56. The molecule has 3 aromatic rings. The zero-order valence-electron chi connectivity index (χ0n) is 24.6. The highest BCUT2D eigenvalue weighted by Crippen LogP contribution is 2.24. The number of hydrogen-bond donors (Lipinski definition) is 1. The molecule has 42 heavy (non-hydrogen) atoms. The van der Waals surface area contributed by atoms with Crippen molar-refractivity contribution < 1.29 is 22.7 Å². The fourth-order valence-corrected chi connectivity index (χ4v) is 5.75. The summed E-state index contributed by atoms with van der Waals surface area (Å²) in [6, 6.07) is 22.8. The molecule has 3 rings (SSSR count). The normalized spacial score (nSPS) is 12.0. The molecule has 0 heterocycles. The van der Waals surface area contributed by atoms with Crippen molar-refractivity contribution in [1.82, 2.24) is 10.2 Å². The predicted octanol–water partition coefficient (Wildman–Crippen LogP) is 5.31. The molecule has 0 spiro atoms. The smallest absolute Gasteiger partial charge is 0.243 e. The first-order valence-corrected chi connectivity index (χ1v) is 16.2. The van der Waals surface area contributed by atoms with E-state index >= 15 is 0 Å². The van der Waals surface area contributed by atoms with Gasteiger partial charge in [-0.2, -0.15) is 0 Å². The van der Waals surface area contributed by atoms with E-state index in [0.717, 1.165) is 17.4 Å². The maximum absolute atomic E-state index is 13.9. The van der Waals surface area contributed by atoms with Crippen LogP contribution in [0.4, 0.5) is 5.69 Å². The van der Waals surface area contributed by atoms with E-state index in [2.05, 4.69) is 5.32 Å². The molecule has 226 valence electrons. The van der Waals surface area contributed by atoms with Gasteiger partial charge in [0.05, 0.1) is 19.1 Å². The molecule has 10 heteroatoms. The maximum atomic E-state index is 13.9. The molecular formula is C32H40ClN3O5S. The highest BCUT2D eigenvalue weighted by Gasteiger charge is 2.30. The number of amides is 2. The summed E-state index contributed by atoms with van der Waals surface area (Å²) in [6.45, 7) is 4.77. The minimum atomic E-state index is -3.63. The lowest BCUT2D eigenvalue weighted by atomic mass is 10.0. The van der Waals surface area contributed by atoms with Crippen LogP contribution in [0.2, 0.25) is 5.02 Å². The lowest BCUT2D eigenvalue weighted by Crippen LogP contribution is -2.51. The Bertz CT molecular complexity index is 1430. The zero-order valence-corrected chi connectivity index (χ0v) is 26.2. The number of anilines is 1. The van der Waals surface area contributed by atoms with E-state index in [-0.39, 0.29) is 43.7 Å². The lowest BCUT2D eigenvalue weighted by Gasteiger charge is -2.32. The first-order chi connectivity index (χ1) is 20.0. The van der Waals surface area contributed by atoms with Crippen LogP contribution in [0.1, 0.15) is 37.8 Å². The van der Waals surface area contributed by atoms with Gasteiger partial charge in [-0.3, -0.25) is 13.9 Å². The Labute approximate surface area is 254 Å². The van der Waals surface area contributed by atoms with Crippen LogP contribution in [0.5, 0.6) is 5.75 Å². The first-order valence-electron chi connectivity index (χ1n) is 13.9. The van der Waals surface area contributed by atoms with Crippen molar-refractivity contribution in [3.8, 4) is 5.75 Å². The number of methoxy groups -OCH3 is 1. The highest BCUT2D eigenvalue weighted by molar-refractivity contribution is 7.92. The second kappa shape index (κ2) is 15.6. The summed E-state index contributed by atoms with van der Waals surface area (Å²) in [4.78, 5) is 29.1. The number of nitrogens with zero attached hydrogens (tertiary/aromatic N) is 2. The topological polar surface area (TPSA) is 96.0 Å². The van der Waals surface area contributed by atoms with Crippen LogP contribution in [-0.2, 0) is 32.6 Å². The molecule has 0 unspecified atom stereocenters. The molecule has 8 nitrogen and oxygen atoms in total. The van der Waals surface area contributed by atoms with Gasteiger partial charge in [-0.05, 0) is 47.7 Å². The summed E-state index contributed by atoms with van der Waals surface area (Å²) in [5.41, 5.74) is 2.17. The summed E-state index contributed by atoms with van der Waals surface area (Å²) >= 11 is 6.25. The van der Waals surface area contributed by atoms with E-state index in [1.807, 2.05) is 56.3 Å². The molecule has 1 atom stereocenters. The van der Waals surface area contributed by atoms with Gasteiger partial charge >= 0.3 is 0 Å². The SMILES string of the molecule is COc1cccc(N(CCCC(=O)N(Cc2cccc(Cl)c2)[C@H](Cc2ccccc2)C(=O)NCC(C)C)S(C)(=O)=O)c1. The molecule has 0 aromatic heterocycles. The number of hydrogen-bond acceptors (Lipinski definition) is 5. The standard InChI is InChI=1S/C32H40ClN3O5S/c1-24(2)22-34-32(38)30(20-25-11-6-5-7-12-25)35(23-26-13-8-14-27(33)19-26)31(37)17-10-18-36(42(4,39)40)28-15-9-16-29(21-28)41-3/h5-9,11-16,19,21,24,30H,10,17-18,20,22-23H2,1-4H3,(H,34,38)/t30-/m1/s1. The number of sulfonamides is 1. The molecular weight excluding hydrogens is 574 g/mol. The number of halogens is 1. The molecule has 3 aromatic carbocycles. The van der Waals surface area contributed by atoms with E-state index in [4.69, 9.17) is 16.3 Å². The summed E-state index contributed by atoms with van der Waals surface area (Å²) in [5.74, 6) is 0.273. The van der Waals surface area contributed by atoms with Crippen molar-refractivity contribution in [2.45, 2.75) is 45.7 Å². The van der Waals surface area contributed by atoms with Crippen LogP contribution in [0.15, 0.2) is 78.9 Å². The second-order valence-electron chi connectivity index (χ2n) is 10.6. The molecule has 0 aliphatic carbocycles.